The topological polar surface area (TPSA) is 0 Å². The van der Waals surface area contributed by atoms with Crippen LogP contribution in [-0.4, -0.2) is 0 Å². The standard InChI is InChI=1S/C12H11FS/c1-2-9-8-10(13)5-6-11(9)12-4-3-7-14-12/h3-8H,2H2,1H3. The molecule has 1 aromatic carbocycles. The van der Waals surface area contributed by atoms with Crippen molar-refractivity contribution in [2.24, 2.45) is 0 Å². The number of hydrogen-bond donors (Lipinski definition) is 0. The van der Waals surface area contributed by atoms with Crippen molar-refractivity contribution in [3.63, 3.8) is 0 Å². The van der Waals surface area contributed by atoms with Crippen molar-refractivity contribution in [3.8, 4) is 10.4 Å². The fourth-order valence-electron chi connectivity index (χ4n) is 1.53. The summed E-state index contributed by atoms with van der Waals surface area (Å²) < 4.78 is 13.0. The van der Waals surface area contributed by atoms with Gasteiger partial charge >= 0.3 is 0 Å². The van der Waals surface area contributed by atoms with Crippen LogP contribution in [0.25, 0.3) is 10.4 Å². The third-order valence-electron chi connectivity index (χ3n) is 2.23. The molecular weight excluding hydrogens is 195 g/mol. The molecule has 0 aliphatic rings. The summed E-state index contributed by atoms with van der Waals surface area (Å²) in [5.74, 6) is -0.151. The van der Waals surface area contributed by atoms with Crippen molar-refractivity contribution in [2.75, 3.05) is 0 Å². The Morgan fingerprint density at radius 1 is 1.29 bits per heavy atom. The lowest BCUT2D eigenvalue weighted by Crippen LogP contribution is -1.87. The highest BCUT2D eigenvalue weighted by atomic mass is 32.1. The van der Waals surface area contributed by atoms with Gasteiger partial charge in [0.15, 0.2) is 0 Å². The van der Waals surface area contributed by atoms with E-state index in [-0.39, 0.29) is 5.82 Å². The van der Waals surface area contributed by atoms with Crippen molar-refractivity contribution in [3.05, 3.63) is 47.1 Å². The SMILES string of the molecule is CCc1cc(F)ccc1-c1cccs1. The van der Waals surface area contributed by atoms with Gasteiger partial charge in [0, 0.05) is 4.88 Å². The fourth-order valence-corrected chi connectivity index (χ4v) is 2.31. The average molecular weight is 206 g/mol. The molecule has 0 aliphatic heterocycles. The van der Waals surface area contributed by atoms with Crippen molar-refractivity contribution < 1.29 is 4.39 Å². The van der Waals surface area contributed by atoms with Gasteiger partial charge in [-0.3, -0.25) is 0 Å². The fraction of sp³-hybridized carbons (Fsp3) is 0.167. The first-order chi connectivity index (χ1) is 6.81. The number of halogens is 1. The molecule has 14 heavy (non-hydrogen) atoms. The molecule has 0 aliphatic carbocycles. The Morgan fingerprint density at radius 2 is 2.14 bits per heavy atom. The van der Waals surface area contributed by atoms with Gasteiger partial charge in [0.25, 0.3) is 0 Å². The molecule has 2 heteroatoms. The Morgan fingerprint density at radius 3 is 2.79 bits per heavy atom. The molecule has 0 saturated carbocycles. The van der Waals surface area contributed by atoms with Crippen LogP contribution in [-0.2, 0) is 6.42 Å². The van der Waals surface area contributed by atoms with Crippen molar-refractivity contribution in [1.29, 1.82) is 0 Å². The first-order valence-electron chi connectivity index (χ1n) is 4.63. The summed E-state index contributed by atoms with van der Waals surface area (Å²) in [6.07, 6.45) is 0.866. The third kappa shape index (κ3) is 1.70. The number of hydrogen-bond acceptors (Lipinski definition) is 1. The Hall–Kier alpha value is -1.15. The van der Waals surface area contributed by atoms with Gasteiger partial charge in [-0.25, -0.2) is 4.39 Å². The van der Waals surface area contributed by atoms with Crippen LogP contribution in [0, 0.1) is 5.82 Å². The lowest BCUT2D eigenvalue weighted by atomic mass is 10.0. The highest BCUT2D eigenvalue weighted by Gasteiger charge is 2.05. The van der Waals surface area contributed by atoms with Crippen LogP contribution in [0.2, 0.25) is 0 Å². The molecule has 2 rings (SSSR count). The quantitative estimate of drug-likeness (QED) is 0.693. The maximum atomic E-state index is 13.0. The van der Waals surface area contributed by atoms with E-state index in [1.54, 1.807) is 17.4 Å². The monoisotopic (exact) mass is 206 g/mol. The molecule has 0 fully saturated rings. The lowest BCUT2D eigenvalue weighted by molar-refractivity contribution is 0.626. The molecular formula is C12H11FS. The highest BCUT2D eigenvalue weighted by molar-refractivity contribution is 7.13. The third-order valence-corrected chi connectivity index (χ3v) is 3.14. The van der Waals surface area contributed by atoms with Gasteiger partial charge in [-0.05, 0) is 41.1 Å². The van der Waals surface area contributed by atoms with Gasteiger partial charge in [0.05, 0.1) is 0 Å². The molecule has 1 heterocycles. The van der Waals surface area contributed by atoms with Crippen molar-refractivity contribution in [2.45, 2.75) is 13.3 Å². The Kier molecular flexibility index (Phi) is 2.64. The molecule has 2 aromatic rings. The zero-order valence-electron chi connectivity index (χ0n) is 7.96. The smallest absolute Gasteiger partial charge is 0.123 e. The maximum absolute atomic E-state index is 13.0. The van der Waals surface area contributed by atoms with E-state index in [0.29, 0.717) is 0 Å². The molecule has 0 amide bonds. The zero-order chi connectivity index (χ0) is 9.97. The molecule has 1 aromatic heterocycles. The van der Waals surface area contributed by atoms with E-state index < -0.39 is 0 Å². The van der Waals surface area contributed by atoms with Gasteiger partial charge in [0.1, 0.15) is 5.82 Å². The van der Waals surface area contributed by atoms with E-state index in [4.69, 9.17) is 0 Å². The van der Waals surface area contributed by atoms with E-state index in [9.17, 15) is 4.39 Å². The second-order valence-electron chi connectivity index (χ2n) is 3.13. The number of thiophene rings is 1. The number of rotatable bonds is 2. The summed E-state index contributed by atoms with van der Waals surface area (Å²) in [5.41, 5.74) is 2.23. The summed E-state index contributed by atoms with van der Waals surface area (Å²) in [5, 5.41) is 2.04. The van der Waals surface area contributed by atoms with Gasteiger partial charge in [-0.1, -0.05) is 19.1 Å². The first-order valence-corrected chi connectivity index (χ1v) is 5.51. The van der Waals surface area contributed by atoms with Crippen LogP contribution >= 0.6 is 11.3 Å². The molecule has 0 saturated heterocycles. The molecule has 0 unspecified atom stereocenters. The second-order valence-corrected chi connectivity index (χ2v) is 4.08. The van der Waals surface area contributed by atoms with E-state index in [0.717, 1.165) is 17.5 Å². The minimum Gasteiger partial charge on any atom is -0.207 e. The summed E-state index contributed by atoms with van der Waals surface area (Å²) in [4.78, 5) is 1.21. The summed E-state index contributed by atoms with van der Waals surface area (Å²) in [7, 11) is 0. The molecule has 0 bridgehead atoms. The lowest BCUT2D eigenvalue weighted by Gasteiger charge is -2.05. The van der Waals surface area contributed by atoms with E-state index in [1.165, 1.54) is 10.9 Å². The van der Waals surface area contributed by atoms with Crippen LogP contribution in [0.5, 0.6) is 0 Å². The number of aryl methyl sites for hydroxylation is 1. The van der Waals surface area contributed by atoms with Gasteiger partial charge in [-0.2, -0.15) is 0 Å². The molecule has 72 valence electrons. The zero-order valence-corrected chi connectivity index (χ0v) is 8.77. The molecule has 0 atom stereocenters. The van der Waals surface area contributed by atoms with E-state index in [1.807, 2.05) is 24.4 Å². The van der Waals surface area contributed by atoms with Crippen LogP contribution < -0.4 is 0 Å². The maximum Gasteiger partial charge on any atom is 0.123 e. The predicted molar refractivity (Wildman–Crippen MR) is 59.1 cm³/mol. The summed E-state index contributed by atoms with van der Waals surface area (Å²) in [6, 6.07) is 9.09. The largest absolute Gasteiger partial charge is 0.207 e. The summed E-state index contributed by atoms with van der Waals surface area (Å²) >= 11 is 1.69. The van der Waals surface area contributed by atoms with Crippen LogP contribution in [0.1, 0.15) is 12.5 Å². The molecule has 0 spiro atoms. The molecule has 0 radical (unpaired) electrons. The highest BCUT2D eigenvalue weighted by Crippen LogP contribution is 2.28. The predicted octanol–water partition coefficient (Wildman–Crippen LogP) is 4.12. The van der Waals surface area contributed by atoms with Crippen molar-refractivity contribution in [1.82, 2.24) is 0 Å². The summed E-state index contributed by atoms with van der Waals surface area (Å²) in [6.45, 7) is 2.05. The Labute approximate surface area is 87.0 Å². The number of benzene rings is 1. The molecule has 0 N–H and O–H groups in total. The molecule has 0 nitrogen and oxygen atoms in total. The van der Waals surface area contributed by atoms with Gasteiger partial charge in [0.2, 0.25) is 0 Å². The minimum absolute atomic E-state index is 0.151. The Balaban J connectivity index is 2.53. The van der Waals surface area contributed by atoms with E-state index in [2.05, 4.69) is 6.07 Å². The van der Waals surface area contributed by atoms with Crippen LogP contribution in [0.15, 0.2) is 35.7 Å². The van der Waals surface area contributed by atoms with E-state index >= 15 is 0 Å². The van der Waals surface area contributed by atoms with Crippen molar-refractivity contribution >= 4 is 11.3 Å². The first kappa shape index (κ1) is 9.41. The average Bonchev–Trinajstić information content (AvgIpc) is 2.70. The van der Waals surface area contributed by atoms with Gasteiger partial charge in [-0.15, -0.1) is 11.3 Å². The Bertz CT molecular complexity index is 418. The second kappa shape index (κ2) is 3.93. The van der Waals surface area contributed by atoms with Crippen LogP contribution in [0.4, 0.5) is 4.39 Å². The normalized spacial score (nSPS) is 10.4. The van der Waals surface area contributed by atoms with Crippen LogP contribution in [0.3, 0.4) is 0 Å². The minimum atomic E-state index is -0.151. The van der Waals surface area contributed by atoms with Gasteiger partial charge < -0.3 is 0 Å².